The Morgan fingerprint density at radius 2 is 0.625 bits per heavy atom. The van der Waals surface area contributed by atoms with Crippen molar-refractivity contribution in [3.8, 4) is 22.3 Å². The van der Waals surface area contributed by atoms with Crippen molar-refractivity contribution in [2.75, 3.05) is 9.80 Å². The molecule has 0 aliphatic heterocycles. The molecule has 0 bridgehead atoms. The van der Waals surface area contributed by atoms with Gasteiger partial charge < -0.3 is 9.80 Å². The van der Waals surface area contributed by atoms with E-state index in [2.05, 4.69) is 327 Å². The maximum atomic E-state index is 2.53. The van der Waals surface area contributed by atoms with Crippen molar-refractivity contribution in [2.24, 2.45) is 0 Å². The first-order chi connectivity index (χ1) is 39.3. The first kappa shape index (κ1) is 48.6. The van der Waals surface area contributed by atoms with Crippen LogP contribution in [-0.2, 0) is 0 Å². The van der Waals surface area contributed by atoms with Crippen molar-refractivity contribution >= 4 is 124 Å². The third-order valence-electron chi connectivity index (χ3n) is 16.1. The number of anilines is 6. The van der Waals surface area contributed by atoms with Gasteiger partial charge in [-0.1, -0.05) is 261 Å². The summed E-state index contributed by atoms with van der Waals surface area (Å²) in [5.41, 5.74) is 13.8. The number of fused-ring (bicyclic) bond motifs is 6. The Labute approximate surface area is 469 Å². The van der Waals surface area contributed by atoms with Crippen molar-refractivity contribution in [3.63, 3.8) is 0 Å². The maximum Gasteiger partial charge on any atom is 0.0775 e. The van der Waals surface area contributed by atoms with Gasteiger partial charge in [0.1, 0.15) is 0 Å². The predicted molar refractivity (Wildman–Crippen MR) is 350 cm³/mol. The minimum atomic E-state index is -1.57. The van der Waals surface area contributed by atoms with Crippen LogP contribution in [0.5, 0.6) is 0 Å². The monoisotopic (exact) mass is 1040 g/mol. The molecule has 0 radical (unpaired) electrons. The smallest absolute Gasteiger partial charge is 0.0775 e. The lowest BCUT2D eigenvalue weighted by molar-refractivity contribution is 1.30. The highest BCUT2D eigenvalue weighted by Crippen LogP contribution is 2.53. The zero-order chi connectivity index (χ0) is 53.7. The third-order valence-corrected chi connectivity index (χ3v) is 18.2. The highest BCUT2D eigenvalue weighted by Gasteiger charge is 2.27. The maximum absolute atomic E-state index is 2.53. The van der Waals surface area contributed by atoms with Crippen LogP contribution in [0, 0.1) is 0 Å². The molecule has 0 heterocycles. The van der Waals surface area contributed by atoms with Crippen LogP contribution in [0.2, 0.25) is 19.6 Å². The zero-order valence-corrected chi connectivity index (χ0v) is 46.2. The van der Waals surface area contributed by atoms with Gasteiger partial charge in [-0.2, -0.15) is 0 Å². The fourth-order valence-corrected chi connectivity index (χ4v) is 13.3. The van der Waals surface area contributed by atoms with E-state index in [9.17, 15) is 0 Å². The van der Waals surface area contributed by atoms with Crippen LogP contribution in [0.4, 0.5) is 34.1 Å². The van der Waals surface area contributed by atoms with E-state index in [0.717, 1.165) is 61.2 Å². The Kier molecular flexibility index (Phi) is 12.3. The summed E-state index contributed by atoms with van der Waals surface area (Å²) in [7, 11) is -1.57. The summed E-state index contributed by atoms with van der Waals surface area (Å²) >= 11 is 0. The van der Waals surface area contributed by atoms with Crippen LogP contribution in [0.3, 0.4) is 0 Å². The van der Waals surface area contributed by atoms with Crippen molar-refractivity contribution in [1.82, 2.24) is 0 Å². The van der Waals surface area contributed by atoms with E-state index in [1.807, 2.05) is 0 Å². The summed E-state index contributed by atoms with van der Waals surface area (Å²) in [6.45, 7) is 7.26. The summed E-state index contributed by atoms with van der Waals surface area (Å²) in [6.07, 6.45) is 4.40. The Morgan fingerprint density at radius 3 is 1.12 bits per heavy atom. The first-order valence-corrected chi connectivity index (χ1v) is 31.3. The Balaban J connectivity index is 1.07. The third kappa shape index (κ3) is 8.79. The molecule has 0 saturated heterocycles. The number of para-hydroxylation sites is 1. The molecule has 0 N–H and O–H groups in total. The second kappa shape index (κ2) is 20.2. The molecule has 0 aliphatic rings. The van der Waals surface area contributed by atoms with Crippen LogP contribution in [-0.4, -0.2) is 8.07 Å². The first-order valence-electron chi connectivity index (χ1n) is 27.8. The molecule has 0 unspecified atom stereocenters. The van der Waals surface area contributed by atoms with Gasteiger partial charge in [0.2, 0.25) is 0 Å². The summed E-state index contributed by atoms with van der Waals surface area (Å²) < 4.78 is 0. The van der Waals surface area contributed by atoms with Gasteiger partial charge in [-0.05, 0) is 137 Å². The number of hydrogen-bond acceptors (Lipinski definition) is 2. The van der Waals surface area contributed by atoms with Crippen molar-refractivity contribution in [2.45, 2.75) is 19.6 Å². The lowest BCUT2D eigenvalue weighted by Crippen LogP contribution is -2.37. The van der Waals surface area contributed by atoms with Crippen molar-refractivity contribution in [3.05, 3.63) is 296 Å². The van der Waals surface area contributed by atoms with E-state index in [1.165, 1.54) is 76.1 Å². The van der Waals surface area contributed by atoms with Gasteiger partial charge in [0, 0.05) is 44.3 Å². The highest BCUT2D eigenvalue weighted by atomic mass is 28.3. The van der Waals surface area contributed by atoms with E-state index in [1.54, 1.807) is 0 Å². The molecule has 0 aliphatic carbocycles. The van der Waals surface area contributed by atoms with Crippen LogP contribution in [0.25, 0.3) is 99.0 Å². The van der Waals surface area contributed by atoms with Gasteiger partial charge in [0.25, 0.3) is 0 Å². The minimum Gasteiger partial charge on any atom is -0.309 e. The van der Waals surface area contributed by atoms with Gasteiger partial charge in [0.05, 0.1) is 19.4 Å². The minimum absolute atomic E-state index is 1.06. The second-order valence-electron chi connectivity index (χ2n) is 22.1. The quantitative estimate of drug-likeness (QED) is 0.0551. The second-order valence-corrected chi connectivity index (χ2v) is 27.2. The van der Waals surface area contributed by atoms with E-state index in [0.29, 0.717) is 0 Å². The molecule has 3 heteroatoms. The predicted octanol–water partition coefficient (Wildman–Crippen LogP) is 21.6. The molecule has 80 heavy (non-hydrogen) atoms. The van der Waals surface area contributed by atoms with Crippen LogP contribution in [0.1, 0.15) is 11.1 Å². The van der Waals surface area contributed by atoms with Gasteiger partial charge in [0.15, 0.2) is 0 Å². The van der Waals surface area contributed by atoms with E-state index < -0.39 is 8.07 Å². The van der Waals surface area contributed by atoms with Crippen LogP contribution < -0.4 is 15.0 Å². The van der Waals surface area contributed by atoms with Crippen molar-refractivity contribution in [1.29, 1.82) is 0 Å². The highest BCUT2D eigenvalue weighted by molar-refractivity contribution is 6.88. The molecule has 0 amide bonds. The standard InChI is InChI=1S/C77H58N2Si/c1-80(2,3)65-47-44-63(45-48-65)78(61-26-8-5-9-27-61)76-69-30-16-18-32-71(69)77(72-33-19-17-31-70(72)76)79(62-42-36-54(37-43-62)35-34-53-20-6-4-7-21-53)64-46-49-68-73(52-64)75(60-41-39-56-23-11-13-25-58(56)51-60)67-29-15-14-28-66(67)74(68)59-40-38-55-22-10-12-24-57(55)50-59/h4-52H,1-3H3. The van der Waals surface area contributed by atoms with Gasteiger partial charge in [-0.15, -0.1) is 0 Å². The Morgan fingerprint density at radius 1 is 0.263 bits per heavy atom. The molecule has 0 aromatic heterocycles. The number of rotatable bonds is 11. The molecular formula is C77H58N2Si. The molecule has 0 atom stereocenters. The topological polar surface area (TPSA) is 6.48 Å². The summed E-state index contributed by atoms with van der Waals surface area (Å²) in [5.74, 6) is 0. The van der Waals surface area contributed by atoms with E-state index in [4.69, 9.17) is 0 Å². The molecular weight excluding hydrogens is 981 g/mol. The average Bonchev–Trinajstić information content (AvgIpc) is 3.68. The number of benzene rings is 14. The largest absolute Gasteiger partial charge is 0.309 e. The number of nitrogens with zero attached hydrogens (tertiary/aromatic N) is 2. The molecule has 0 spiro atoms. The summed E-state index contributed by atoms with van der Waals surface area (Å²) in [6, 6.07) is 106. The lowest BCUT2D eigenvalue weighted by atomic mass is 9.85. The summed E-state index contributed by atoms with van der Waals surface area (Å²) in [5, 5.41) is 15.8. The fraction of sp³-hybridized carbons (Fsp3) is 0.0390. The SMILES string of the molecule is C[Si](C)(C)c1ccc(N(c2ccccc2)c2c3ccccc3c(N(c3ccc(C=Cc4ccccc4)cc3)c3ccc4c(-c5ccc6ccccc6c5)c5ccccc5c(-c5ccc6ccccc6c5)c4c3)c3ccccc23)cc1. The van der Waals surface area contributed by atoms with Gasteiger partial charge in [-0.3, -0.25) is 0 Å². The Bertz CT molecular complexity index is 4620. The van der Waals surface area contributed by atoms with Gasteiger partial charge >= 0.3 is 0 Å². The fourth-order valence-electron chi connectivity index (χ4n) is 12.2. The van der Waals surface area contributed by atoms with Crippen LogP contribution >= 0.6 is 0 Å². The molecule has 0 fully saturated rings. The Hall–Kier alpha value is -9.80. The van der Waals surface area contributed by atoms with Crippen LogP contribution in [0.15, 0.2) is 285 Å². The molecule has 14 aromatic carbocycles. The molecule has 380 valence electrons. The summed E-state index contributed by atoms with van der Waals surface area (Å²) in [4.78, 5) is 5.01. The molecule has 14 aromatic rings. The normalized spacial score (nSPS) is 11.9. The van der Waals surface area contributed by atoms with E-state index >= 15 is 0 Å². The lowest BCUT2D eigenvalue weighted by Gasteiger charge is -2.33. The molecule has 0 saturated carbocycles. The van der Waals surface area contributed by atoms with Gasteiger partial charge in [-0.25, -0.2) is 0 Å². The molecule has 2 nitrogen and oxygen atoms in total. The van der Waals surface area contributed by atoms with Crippen molar-refractivity contribution < 1.29 is 0 Å². The van der Waals surface area contributed by atoms with E-state index in [-0.39, 0.29) is 0 Å². The molecule has 14 rings (SSSR count). The average molecular weight is 1040 g/mol. The number of hydrogen-bond donors (Lipinski definition) is 0. The zero-order valence-electron chi connectivity index (χ0n) is 45.2.